The van der Waals surface area contributed by atoms with Crippen LogP contribution in [-0.2, 0) is 4.79 Å². The van der Waals surface area contributed by atoms with E-state index in [4.69, 9.17) is 16.0 Å². The average molecular weight is 320 g/mol. The first-order valence-corrected chi connectivity index (χ1v) is 6.18. The van der Waals surface area contributed by atoms with E-state index >= 15 is 0 Å². The van der Waals surface area contributed by atoms with Crippen LogP contribution in [-0.4, -0.2) is 12.1 Å². The highest BCUT2D eigenvalue weighted by Gasteiger charge is 2.39. The minimum absolute atomic E-state index is 0.0904. The average Bonchev–Trinajstić information content (AvgIpc) is 2.37. The zero-order valence-corrected chi connectivity index (χ0v) is 11.4. The smallest absolute Gasteiger partial charge is 0.425 e. The van der Waals surface area contributed by atoms with Crippen molar-refractivity contribution in [3.8, 4) is 0 Å². The molecule has 0 aliphatic rings. The summed E-state index contributed by atoms with van der Waals surface area (Å²) in [7, 11) is 0. The largest absolute Gasteiger partial charge is 0.471 e. The van der Waals surface area contributed by atoms with Crippen LogP contribution in [0.3, 0.4) is 0 Å². The van der Waals surface area contributed by atoms with Crippen molar-refractivity contribution in [3.05, 3.63) is 45.5 Å². The lowest BCUT2D eigenvalue weighted by Gasteiger charge is -2.14. The quantitative estimate of drug-likeness (QED) is 0.925. The standard InChI is InChI=1S/C13H9ClF3NO3/c1-6(18-12(20)13(15,16)17)9-5-7-3-2-4-8(14)10(7)11(19)21-9/h2-6H,1H3,(H,18,20)/t6-/m0/s1. The van der Waals surface area contributed by atoms with E-state index in [9.17, 15) is 22.8 Å². The molecule has 2 aromatic rings. The molecule has 1 amide bonds. The summed E-state index contributed by atoms with van der Waals surface area (Å²) in [6.07, 6.45) is -5.01. The number of carbonyl (C=O) groups excluding carboxylic acids is 1. The van der Waals surface area contributed by atoms with Gasteiger partial charge in [0.1, 0.15) is 5.76 Å². The number of alkyl halides is 3. The highest BCUT2D eigenvalue weighted by atomic mass is 35.5. The molecule has 0 bridgehead atoms. The molecule has 0 aliphatic carbocycles. The molecule has 2 rings (SSSR count). The second-order valence-corrected chi connectivity index (χ2v) is 4.74. The van der Waals surface area contributed by atoms with E-state index in [1.54, 1.807) is 17.4 Å². The van der Waals surface area contributed by atoms with Crippen molar-refractivity contribution in [2.75, 3.05) is 0 Å². The molecule has 8 heteroatoms. The van der Waals surface area contributed by atoms with E-state index in [1.165, 1.54) is 19.1 Å². The van der Waals surface area contributed by atoms with Gasteiger partial charge in [-0.2, -0.15) is 13.2 Å². The normalized spacial score (nSPS) is 13.2. The van der Waals surface area contributed by atoms with Crippen LogP contribution in [0.4, 0.5) is 13.2 Å². The number of hydrogen-bond acceptors (Lipinski definition) is 3. The summed E-state index contributed by atoms with van der Waals surface area (Å²) in [6, 6.07) is 4.90. The Balaban J connectivity index is 2.40. The van der Waals surface area contributed by atoms with Crippen molar-refractivity contribution in [2.24, 2.45) is 0 Å². The number of fused-ring (bicyclic) bond motifs is 1. The van der Waals surface area contributed by atoms with Gasteiger partial charge >= 0.3 is 17.7 Å². The third-order valence-electron chi connectivity index (χ3n) is 2.79. The van der Waals surface area contributed by atoms with Gasteiger partial charge in [-0.1, -0.05) is 23.7 Å². The van der Waals surface area contributed by atoms with Gasteiger partial charge in [0.05, 0.1) is 16.5 Å². The fourth-order valence-corrected chi connectivity index (χ4v) is 2.04. The van der Waals surface area contributed by atoms with Gasteiger partial charge in [0.15, 0.2) is 0 Å². The molecule has 0 saturated heterocycles. The lowest BCUT2D eigenvalue weighted by molar-refractivity contribution is -0.174. The van der Waals surface area contributed by atoms with E-state index in [-0.39, 0.29) is 16.2 Å². The number of benzene rings is 1. The molecule has 4 nitrogen and oxygen atoms in total. The van der Waals surface area contributed by atoms with Crippen LogP contribution in [0.5, 0.6) is 0 Å². The molecule has 1 atom stereocenters. The predicted molar refractivity (Wildman–Crippen MR) is 70.1 cm³/mol. The Labute approximate surface area is 121 Å². The number of amides is 1. The summed E-state index contributed by atoms with van der Waals surface area (Å²) >= 11 is 5.86. The van der Waals surface area contributed by atoms with Gasteiger partial charge < -0.3 is 9.73 Å². The van der Waals surface area contributed by atoms with Crippen LogP contribution >= 0.6 is 11.6 Å². The van der Waals surface area contributed by atoms with Gasteiger partial charge in [0.25, 0.3) is 0 Å². The molecule has 1 aromatic carbocycles. The zero-order chi connectivity index (χ0) is 15.8. The lowest BCUT2D eigenvalue weighted by Crippen LogP contribution is -2.38. The van der Waals surface area contributed by atoms with Crippen molar-refractivity contribution >= 4 is 28.3 Å². The summed E-state index contributed by atoms with van der Waals surface area (Å²) in [4.78, 5) is 22.7. The van der Waals surface area contributed by atoms with Gasteiger partial charge in [0.2, 0.25) is 0 Å². The van der Waals surface area contributed by atoms with E-state index < -0.39 is 23.8 Å². The highest BCUT2D eigenvalue weighted by molar-refractivity contribution is 6.35. The molecule has 0 radical (unpaired) electrons. The molecule has 0 aliphatic heterocycles. The molecule has 0 unspecified atom stereocenters. The summed E-state index contributed by atoms with van der Waals surface area (Å²) in [5.41, 5.74) is -0.777. The van der Waals surface area contributed by atoms with E-state index in [1.807, 2.05) is 0 Å². The fraction of sp³-hybridized carbons (Fsp3) is 0.231. The maximum absolute atomic E-state index is 12.2. The Morgan fingerprint density at radius 1 is 1.38 bits per heavy atom. The second kappa shape index (κ2) is 5.40. The number of halogens is 4. The second-order valence-electron chi connectivity index (χ2n) is 4.33. The van der Waals surface area contributed by atoms with Crippen molar-refractivity contribution in [3.63, 3.8) is 0 Å². The van der Waals surface area contributed by atoms with Crippen molar-refractivity contribution in [1.82, 2.24) is 5.32 Å². The third-order valence-corrected chi connectivity index (χ3v) is 3.11. The monoisotopic (exact) mass is 319 g/mol. The fourth-order valence-electron chi connectivity index (χ4n) is 1.78. The summed E-state index contributed by atoms with van der Waals surface area (Å²) in [5, 5.41) is 2.45. The molecule has 112 valence electrons. The first-order chi connectivity index (χ1) is 9.70. The van der Waals surface area contributed by atoms with Crippen molar-refractivity contribution < 1.29 is 22.4 Å². The molecule has 1 heterocycles. The number of hydrogen-bond donors (Lipinski definition) is 1. The Kier molecular flexibility index (Phi) is 3.95. The van der Waals surface area contributed by atoms with Crippen molar-refractivity contribution in [1.29, 1.82) is 0 Å². The molecule has 1 N–H and O–H groups in total. The van der Waals surface area contributed by atoms with E-state index in [2.05, 4.69) is 0 Å². The molecule has 0 saturated carbocycles. The maximum atomic E-state index is 12.2. The van der Waals surface area contributed by atoms with Crippen molar-refractivity contribution in [2.45, 2.75) is 19.1 Å². The van der Waals surface area contributed by atoms with Gasteiger partial charge in [0, 0.05) is 0 Å². The minimum atomic E-state index is -5.01. The van der Waals surface area contributed by atoms with Crippen LogP contribution < -0.4 is 10.9 Å². The minimum Gasteiger partial charge on any atom is -0.425 e. The Morgan fingerprint density at radius 2 is 2.05 bits per heavy atom. The SMILES string of the molecule is C[C@H](NC(=O)C(F)(F)F)c1cc2cccc(Cl)c2c(=O)o1. The Morgan fingerprint density at radius 3 is 2.67 bits per heavy atom. The molecule has 0 fully saturated rings. The van der Waals surface area contributed by atoms with Gasteiger partial charge in [-0.25, -0.2) is 4.79 Å². The van der Waals surface area contributed by atoms with Gasteiger partial charge in [-0.15, -0.1) is 0 Å². The van der Waals surface area contributed by atoms with E-state index in [0.29, 0.717) is 5.39 Å². The van der Waals surface area contributed by atoms with Crippen LogP contribution in [0.2, 0.25) is 5.02 Å². The van der Waals surface area contributed by atoms with Crippen LogP contribution in [0.15, 0.2) is 33.5 Å². The number of carbonyl (C=O) groups is 1. The highest BCUT2D eigenvalue weighted by Crippen LogP contribution is 2.24. The number of rotatable bonds is 2. The predicted octanol–water partition coefficient (Wildman–Crippen LogP) is 3.19. The molecule has 1 aromatic heterocycles. The maximum Gasteiger partial charge on any atom is 0.471 e. The van der Waals surface area contributed by atoms with Gasteiger partial charge in [-0.3, -0.25) is 4.79 Å². The Bertz CT molecular complexity index is 754. The van der Waals surface area contributed by atoms with Crippen LogP contribution in [0.25, 0.3) is 10.8 Å². The molecule has 0 spiro atoms. The van der Waals surface area contributed by atoms with Gasteiger partial charge in [-0.05, 0) is 24.4 Å². The summed E-state index contributed by atoms with van der Waals surface area (Å²) in [6.45, 7) is 1.28. The van der Waals surface area contributed by atoms with Crippen LogP contribution in [0, 0.1) is 0 Å². The molecule has 21 heavy (non-hydrogen) atoms. The molecular formula is C13H9ClF3NO3. The first-order valence-electron chi connectivity index (χ1n) is 5.80. The lowest BCUT2D eigenvalue weighted by atomic mass is 10.1. The summed E-state index contributed by atoms with van der Waals surface area (Å²) in [5.74, 6) is -2.20. The van der Waals surface area contributed by atoms with Crippen LogP contribution in [0.1, 0.15) is 18.7 Å². The molecular weight excluding hydrogens is 311 g/mol. The topological polar surface area (TPSA) is 59.3 Å². The first kappa shape index (κ1) is 15.4. The zero-order valence-electron chi connectivity index (χ0n) is 10.6. The Hall–Kier alpha value is -2.02. The number of nitrogens with one attached hydrogen (secondary N) is 1. The summed E-state index contributed by atoms with van der Waals surface area (Å²) < 4.78 is 41.5. The third kappa shape index (κ3) is 3.18. The van der Waals surface area contributed by atoms with E-state index in [0.717, 1.165) is 0 Å².